The van der Waals surface area contributed by atoms with Gasteiger partial charge in [-0.1, -0.05) is 25.1 Å². The molecule has 0 spiro atoms. The molecule has 0 aliphatic carbocycles. The van der Waals surface area contributed by atoms with E-state index < -0.39 is 35.9 Å². The first-order chi connectivity index (χ1) is 24.0. The molecule has 0 fully saturated rings. The van der Waals surface area contributed by atoms with Gasteiger partial charge in [0.15, 0.2) is 11.5 Å². The van der Waals surface area contributed by atoms with Gasteiger partial charge in [-0.25, -0.2) is 0 Å². The molecule has 3 heterocycles. The van der Waals surface area contributed by atoms with Crippen LogP contribution in [0, 0.1) is 5.92 Å². The summed E-state index contributed by atoms with van der Waals surface area (Å²) in [5.74, 6) is -0.992. The van der Waals surface area contributed by atoms with Crippen LogP contribution in [0.5, 0.6) is 11.5 Å². The van der Waals surface area contributed by atoms with Crippen molar-refractivity contribution >= 4 is 23.6 Å². The van der Waals surface area contributed by atoms with E-state index in [0.717, 1.165) is 5.56 Å². The highest BCUT2D eigenvalue weighted by Gasteiger charge is 2.30. The van der Waals surface area contributed by atoms with Crippen LogP contribution in [0.2, 0.25) is 0 Å². The van der Waals surface area contributed by atoms with E-state index >= 15 is 0 Å². The van der Waals surface area contributed by atoms with Crippen LogP contribution in [0.25, 0.3) is 0 Å². The number of amides is 4. The predicted molar refractivity (Wildman–Crippen MR) is 183 cm³/mol. The third-order valence-electron chi connectivity index (χ3n) is 8.18. The van der Waals surface area contributed by atoms with Crippen LogP contribution < -0.4 is 25.4 Å². The van der Waals surface area contributed by atoms with E-state index in [9.17, 15) is 24.3 Å². The number of fused-ring (bicyclic) bond motifs is 4. The molecule has 1 aliphatic heterocycles. The van der Waals surface area contributed by atoms with Crippen molar-refractivity contribution < 1.29 is 33.8 Å². The van der Waals surface area contributed by atoms with E-state index in [1.807, 2.05) is 19.9 Å². The quantitative estimate of drug-likeness (QED) is 0.296. The zero-order chi connectivity index (χ0) is 36.0. The van der Waals surface area contributed by atoms with Crippen molar-refractivity contribution in [3.05, 3.63) is 65.7 Å². The Balaban J connectivity index is 1.56. The number of pyridine rings is 1. The Morgan fingerprint density at radius 1 is 1.06 bits per heavy atom. The second-order valence-electron chi connectivity index (χ2n) is 12.8. The smallest absolute Gasteiger partial charge is 0.252 e. The summed E-state index contributed by atoms with van der Waals surface area (Å²) in [6, 6.07) is 6.10. The summed E-state index contributed by atoms with van der Waals surface area (Å²) >= 11 is 0. The second-order valence-corrected chi connectivity index (χ2v) is 12.8. The standard InChI is InChI=1S/C35H48N8O7/c1-23(2)17-28-34(47)39-32(24(3)44)35(48)37-13-5-6-14-42(31(45)18-25-9-7-12-36-20-25)15-8-16-43-21-27(40-41-43)22-50-30-19-26(33(46)38-28)10-11-29(30)49-4/h7,9-12,19-21,23-24,28,32,44H,5-6,8,13-18,22H2,1-4H3,(H,37,48)(H,38,46)(H,39,47)/t24-,28-,32+/m1/s1. The van der Waals surface area contributed by atoms with Crippen molar-refractivity contribution in [2.45, 2.75) is 84.2 Å². The number of aryl methyl sites for hydroxylation is 1. The predicted octanol–water partition coefficient (Wildman–Crippen LogP) is 1.64. The van der Waals surface area contributed by atoms with Crippen molar-refractivity contribution in [1.82, 2.24) is 40.8 Å². The van der Waals surface area contributed by atoms with Crippen LogP contribution in [0.15, 0.2) is 48.9 Å². The SMILES string of the molecule is COc1ccc2cc1OCc1cn(nn1)CCCN(C(=O)Cc1cccnc1)CCCCNC(=O)[C@H]([C@@H](C)O)NC(=O)[C@@H](CC(C)C)NC2=O. The molecule has 2 aromatic heterocycles. The molecule has 270 valence electrons. The lowest BCUT2D eigenvalue weighted by molar-refractivity contribution is -0.132. The Hall–Kier alpha value is -5.05. The number of carbonyl (C=O) groups excluding carboxylic acids is 4. The molecule has 3 atom stereocenters. The summed E-state index contributed by atoms with van der Waals surface area (Å²) in [7, 11) is 1.49. The number of ether oxygens (including phenoxy) is 2. The first-order valence-corrected chi connectivity index (χ1v) is 17.0. The van der Waals surface area contributed by atoms with Crippen LogP contribution >= 0.6 is 0 Å². The van der Waals surface area contributed by atoms with E-state index in [4.69, 9.17) is 9.47 Å². The summed E-state index contributed by atoms with van der Waals surface area (Å²) in [6.45, 7) is 7.04. The maximum Gasteiger partial charge on any atom is 0.252 e. The molecule has 4 N–H and O–H groups in total. The van der Waals surface area contributed by atoms with Crippen LogP contribution in [0.4, 0.5) is 0 Å². The molecule has 1 aliphatic rings. The zero-order valence-electron chi connectivity index (χ0n) is 29.1. The van der Waals surface area contributed by atoms with Crippen LogP contribution in [-0.2, 0) is 34.0 Å². The minimum atomic E-state index is -1.24. The lowest BCUT2D eigenvalue weighted by Crippen LogP contribution is -2.57. The van der Waals surface area contributed by atoms with E-state index in [1.165, 1.54) is 20.1 Å². The van der Waals surface area contributed by atoms with Crippen LogP contribution in [-0.4, -0.2) is 98.5 Å². The third kappa shape index (κ3) is 11.3. The molecule has 0 radical (unpaired) electrons. The lowest BCUT2D eigenvalue weighted by atomic mass is 10.0. The third-order valence-corrected chi connectivity index (χ3v) is 8.18. The normalized spacial score (nSPS) is 19.3. The summed E-state index contributed by atoms with van der Waals surface area (Å²) in [5.41, 5.74) is 1.61. The molecular formula is C35H48N8O7. The fourth-order valence-corrected chi connectivity index (χ4v) is 5.52. The van der Waals surface area contributed by atoms with Gasteiger partial charge in [-0.2, -0.15) is 0 Å². The molecule has 50 heavy (non-hydrogen) atoms. The van der Waals surface area contributed by atoms with E-state index in [1.54, 1.807) is 46.4 Å². The molecular weight excluding hydrogens is 644 g/mol. The van der Waals surface area contributed by atoms with E-state index in [-0.39, 0.29) is 43.4 Å². The fraction of sp³-hybridized carbons (Fsp3) is 0.514. The maximum atomic E-state index is 13.5. The number of aliphatic hydroxyl groups excluding tert-OH is 1. The van der Waals surface area contributed by atoms with Crippen molar-refractivity contribution in [3.8, 4) is 11.5 Å². The molecule has 0 saturated carbocycles. The summed E-state index contributed by atoms with van der Waals surface area (Å²) in [4.78, 5) is 59.2. The minimum Gasteiger partial charge on any atom is -0.493 e. The Kier molecular flexibility index (Phi) is 14.1. The lowest BCUT2D eigenvalue weighted by Gasteiger charge is -2.26. The number of aromatic nitrogens is 4. The van der Waals surface area contributed by atoms with E-state index in [2.05, 4.69) is 31.2 Å². The van der Waals surface area contributed by atoms with Gasteiger partial charge in [-0.3, -0.25) is 28.8 Å². The van der Waals surface area contributed by atoms with Gasteiger partial charge >= 0.3 is 0 Å². The van der Waals surface area contributed by atoms with Crippen molar-refractivity contribution in [3.63, 3.8) is 0 Å². The van der Waals surface area contributed by atoms with E-state index in [0.29, 0.717) is 56.1 Å². The van der Waals surface area contributed by atoms with Gasteiger partial charge in [-0.05, 0) is 68.4 Å². The van der Waals surface area contributed by atoms with Gasteiger partial charge in [0.2, 0.25) is 17.7 Å². The number of rotatable bonds is 6. The van der Waals surface area contributed by atoms with Crippen molar-refractivity contribution in [2.75, 3.05) is 26.7 Å². The topological polar surface area (TPSA) is 190 Å². The molecule has 3 aromatic rings. The molecule has 1 aromatic carbocycles. The number of carbonyl (C=O) groups is 4. The first-order valence-electron chi connectivity index (χ1n) is 17.0. The number of nitrogens with zero attached hydrogens (tertiary/aromatic N) is 5. The highest BCUT2D eigenvalue weighted by molar-refractivity contribution is 5.99. The average molecular weight is 693 g/mol. The molecule has 0 unspecified atom stereocenters. The number of benzene rings is 1. The summed E-state index contributed by atoms with van der Waals surface area (Å²) in [5, 5.41) is 27.1. The van der Waals surface area contributed by atoms with Crippen LogP contribution in [0.1, 0.15) is 68.1 Å². The van der Waals surface area contributed by atoms with Gasteiger partial charge in [-0.15, -0.1) is 5.10 Å². The molecule has 15 heteroatoms. The highest BCUT2D eigenvalue weighted by atomic mass is 16.5. The van der Waals surface area contributed by atoms with Crippen molar-refractivity contribution in [2.24, 2.45) is 5.92 Å². The van der Waals surface area contributed by atoms with Gasteiger partial charge in [0, 0.05) is 44.1 Å². The monoisotopic (exact) mass is 692 g/mol. The number of methoxy groups -OCH3 is 1. The number of aliphatic hydroxyl groups is 1. The molecule has 0 saturated heterocycles. The van der Waals surface area contributed by atoms with Gasteiger partial charge in [0.25, 0.3) is 5.91 Å². The number of hydrogen-bond acceptors (Lipinski definition) is 10. The van der Waals surface area contributed by atoms with Crippen molar-refractivity contribution in [1.29, 1.82) is 0 Å². The molecule has 4 amide bonds. The number of hydrogen-bond donors (Lipinski definition) is 4. The summed E-state index contributed by atoms with van der Waals surface area (Å²) in [6.07, 6.45) is 6.21. The molecule has 4 bridgehead atoms. The minimum absolute atomic E-state index is 0.0238. The largest absolute Gasteiger partial charge is 0.493 e. The highest BCUT2D eigenvalue weighted by Crippen LogP contribution is 2.29. The van der Waals surface area contributed by atoms with Gasteiger partial charge in [0.1, 0.15) is 24.4 Å². The molecule has 4 rings (SSSR count). The van der Waals surface area contributed by atoms with Gasteiger partial charge < -0.3 is 35.4 Å². The second kappa shape index (κ2) is 18.6. The Bertz CT molecular complexity index is 1580. The number of nitrogens with one attached hydrogen (secondary N) is 3. The van der Waals surface area contributed by atoms with Crippen LogP contribution in [0.3, 0.4) is 0 Å². The Morgan fingerprint density at radius 3 is 2.58 bits per heavy atom. The average Bonchev–Trinajstić information content (AvgIpc) is 3.55. The molecule has 15 nitrogen and oxygen atoms in total. The Morgan fingerprint density at radius 2 is 1.86 bits per heavy atom. The fourth-order valence-electron chi connectivity index (χ4n) is 5.52. The Labute approximate surface area is 292 Å². The first kappa shape index (κ1) is 37.8. The summed E-state index contributed by atoms with van der Waals surface area (Å²) < 4.78 is 13.1. The zero-order valence-corrected chi connectivity index (χ0v) is 29.1. The maximum absolute atomic E-state index is 13.5. The van der Waals surface area contributed by atoms with Gasteiger partial charge in [0.05, 0.1) is 25.8 Å².